The van der Waals surface area contributed by atoms with Crippen LogP contribution in [0.3, 0.4) is 0 Å². The van der Waals surface area contributed by atoms with Gasteiger partial charge in [0.2, 0.25) is 0 Å². The van der Waals surface area contributed by atoms with Crippen LogP contribution in [0.15, 0.2) is 24.3 Å². The Bertz CT molecular complexity index is 467. The van der Waals surface area contributed by atoms with E-state index in [-0.39, 0.29) is 34.9 Å². The van der Waals surface area contributed by atoms with Crippen LogP contribution in [0.1, 0.15) is 0 Å². The minimum Gasteiger partial charge on any atom is 0 e. The molecule has 95 valence electrons. The number of ether oxygens (including phenoxy) is 1. The van der Waals surface area contributed by atoms with Gasteiger partial charge in [0.25, 0.3) is 0 Å². The van der Waals surface area contributed by atoms with E-state index in [9.17, 15) is 9.90 Å². The number of benzene rings is 1. The van der Waals surface area contributed by atoms with Gasteiger partial charge in [0.05, 0.1) is 0 Å². The van der Waals surface area contributed by atoms with Gasteiger partial charge >= 0.3 is 114 Å². The molecule has 8 heteroatoms. The summed E-state index contributed by atoms with van der Waals surface area (Å²) in [5.41, 5.74) is 0. The molecule has 3 N–H and O–H groups in total. The summed E-state index contributed by atoms with van der Waals surface area (Å²) < 4.78 is 12.1. The number of phenols is 1. The van der Waals surface area contributed by atoms with Crippen molar-refractivity contribution in [2.45, 2.75) is 3.67 Å². The molecule has 2 heterocycles. The van der Waals surface area contributed by atoms with Crippen molar-refractivity contribution in [2.24, 2.45) is 0 Å². The van der Waals surface area contributed by atoms with Gasteiger partial charge in [-0.05, 0) is 0 Å². The number of alkyl halides is 1. The van der Waals surface area contributed by atoms with E-state index in [0.717, 1.165) is 0 Å². The van der Waals surface area contributed by atoms with Gasteiger partial charge in [0.15, 0.2) is 0 Å². The van der Waals surface area contributed by atoms with Gasteiger partial charge in [0, 0.05) is 19.5 Å². The van der Waals surface area contributed by atoms with Crippen molar-refractivity contribution in [3.63, 3.8) is 0 Å². The van der Waals surface area contributed by atoms with Gasteiger partial charge in [-0.3, -0.25) is 0 Å². The maximum Gasteiger partial charge on any atom is 0 e. The van der Waals surface area contributed by atoms with Gasteiger partial charge in [-0.1, -0.05) is 0 Å². The minimum absolute atomic E-state index is 0. The summed E-state index contributed by atoms with van der Waals surface area (Å²) in [5.74, 6) is 0.0849. The molecule has 0 aliphatic carbocycles. The van der Waals surface area contributed by atoms with E-state index >= 15 is 0 Å². The van der Waals surface area contributed by atoms with Crippen molar-refractivity contribution in [3.05, 3.63) is 28.2 Å². The second kappa shape index (κ2) is 4.80. The van der Waals surface area contributed by atoms with Gasteiger partial charge in [0.1, 0.15) is 0 Å². The number of nitrogens with one attached hydrogen (secondary N) is 2. The Morgan fingerprint density at radius 2 is 2.18 bits per heavy atom. The molecule has 0 amide bonds. The van der Waals surface area contributed by atoms with Gasteiger partial charge in [-0.2, -0.15) is 0 Å². The average molecular weight is 548 g/mol. The summed E-state index contributed by atoms with van der Waals surface area (Å²) in [6.45, 7) is 0. The van der Waals surface area contributed by atoms with E-state index in [1.54, 1.807) is 12.1 Å². The average Bonchev–Trinajstić information content (AvgIpc) is 3.04. The molecule has 0 atom stereocenters. The van der Waals surface area contributed by atoms with E-state index in [0.29, 0.717) is 9.67 Å². The Morgan fingerprint density at radius 1 is 1.53 bits per heavy atom. The van der Waals surface area contributed by atoms with Crippen molar-refractivity contribution in [1.82, 2.24) is 7.06 Å². The van der Waals surface area contributed by atoms with Crippen LogP contribution in [-0.4, -0.2) is 14.7 Å². The number of aromatic hydroxyl groups is 1. The van der Waals surface area contributed by atoms with Crippen molar-refractivity contribution in [1.29, 1.82) is 0 Å². The smallest absolute Gasteiger partial charge is 0 e. The minimum atomic E-state index is -1.14. The molecular weight excluding hydrogens is 541 g/mol. The Hall–Kier alpha value is 0.363. The van der Waals surface area contributed by atoms with E-state index in [2.05, 4.69) is 7.06 Å². The number of fused-ring (bicyclic) bond motifs is 1. The first-order valence-corrected chi connectivity index (χ1v) is 8.73. The second-order valence-corrected chi connectivity index (χ2v) is 8.73. The topological polar surface area (TPSA) is 90.4 Å². The number of halogens is 2. The second-order valence-electron chi connectivity index (χ2n) is 3.33. The maximum atomic E-state index is 11.7. The Morgan fingerprint density at radius 3 is 2.71 bits per heavy atom. The third-order valence-electron chi connectivity index (χ3n) is 2.17. The molecule has 0 aromatic heterocycles. The molecule has 0 saturated carbocycles. The summed E-state index contributed by atoms with van der Waals surface area (Å²) in [7, 11) is 0. The zero-order valence-corrected chi connectivity index (χ0v) is 14.1. The molecule has 0 bridgehead atoms. The van der Waals surface area contributed by atoms with E-state index in [1.165, 1.54) is 12.1 Å². The third kappa shape index (κ3) is 2.55. The van der Waals surface area contributed by atoms with E-state index < -0.39 is 20.4 Å². The summed E-state index contributed by atoms with van der Waals surface area (Å²) in [5, 5.41) is 9.23. The molecule has 5 nitrogen and oxygen atoms in total. The van der Waals surface area contributed by atoms with Crippen LogP contribution in [0.2, 0.25) is 0 Å². The molecule has 0 unspecified atom stereocenters. The largest absolute Gasteiger partial charge is 0 e. The standard InChI is InChI=1S/C9H7I2N2O3.Rh/c10-7(9-11(12-9)13-9)8(15)16-6-3-1-2-5(14)4-6;/h1-4,12-14H;/q-1;. The van der Waals surface area contributed by atoms with E-state index in [1.807, 2.05) is 22.6 Å². The Kier molecular flexibility index (Phi) is 3.89. The predicted molar refractivity (Wildman–Crippen MR) is 74.0 cm³/mol. The molecule has 2 aliphatic rings. The maximum absolute atomic E-state index is 11.7. The molecule has 3 rings (SSSR count). The first-order chi connectivity index (χ1) is 7.62. The molecule has 2 saturated heterocycles. The van der Waals surface area contributed by atoms with Crippen LogP contribution in [0.5, 0.6) is 11.5 Å². The zero-order valence-electron chi connectivity index (χ0n) is 8.16. The fraction of sp³-hybridized carbons (Fsp3) is 0.111. The number of phenolic OH excluding ortho intramolecular Hbond substituents is 1. The SMILES string of the molecule is O=C(Oc1cccc(O)c1)[C-](I)C12NI1N2.[Rh]. The van der Waals surface area contributed by atoms with Gasteiger partial charge in [-0.25, -0.2) is 0 Å². The first kappa shape index (κ1) is 13.8. The molecule has 2 aliphatic heterocycles. The number of carbonyl (C=O) groups excluding carboxylic acids is 1. The quantitative estimate of drug-likeness (QED) is 0.0614. The van der Waals surface area contributed by atoms with Gasteiger partial charge < -0.3 is 0 Å². The van der Waals surface area contributed by atoms with Crippen molar-refractivity contribution < 1.29 is 34.1 Å². The fourth-order valence-corrected chi connectivity index (χ4v) is 7.89. The molecule has 17 heavy (non-hydrogen) atoms. The predicted octanol–water partition coefficient (Wildman–Crippen LogP) is 1.46. The van der Waals surface area contributed by atoms with Crippen LogP contribution < -0.4 is 11.8 Å². The monoisotopic (exact) mass is 548 g/mol. The fourth-order valence-electron chi connectivity index (χ4n) is 1.23. The van der Waals surface area contributed by atoms with Crippen molar-refractivity contribution >= 4 is 48.9 Å². The molecule has 1 aromatic carbocycles. The number of rotatable bonds is 3. The number of esters is 1. The Balaban J connectivity index is 0.00000108. The summed E-state index contributed by atoms with van der Waals surface area (Å²) >= 11 is 0.867. The van der Waals surface area contributed by atoms with Crippen LogP contribution in [0.25, 0.3) is 0 Å². The van der Waals surface area contributed by atoms with Crippen molar-refractivity contribution in [2.75, 3.05) is 0 Å². The van der Waals surface area contributed by atoms with Crippen LogP contribution in [-0.2, 0) is 24.3 Å². The molecule has 0 spiro atoms. The first-order valence-electron chi connectivity index (χ1n) is 4.41. The normalized spacial score (nSPS) is 19.7. The van der Waals surface area contributed by atoms with Crippen LogP contribution in [0.4, 0.5) is 0 Å². The number of carbonyl (C=O) groups is 1. The van der Waals surface area contributed by atoms with Crippen LogP contribution >= 0.6 is 43.0 Å². The molecule has 2 fully saturated rings. The summed E-state index contributed by atoms with van der Waals surface area (Å²) in [6.07, 6.45) is 0. The third-order valence-corrected chi connectivity index (χ3v) is 8.77. The van der Waals surface area contributed by atoms with Crippen molar-refractivity contribution in [3.8, 4) is 11.5 Å². The van der Waals surface area contributed by atoms with E-state index in [4.69, 9.17) is 4.74 Å². The van der Waals surface area contributed by atoms with Gasteiger partial charge in [-0.15, -0.1) is 0 Å². The summed E-state index contributed by atoms with van der Waals surface area (Å²) in [4.78, 5) is 11.7. The zero-order chi connectivity index (χ0) is 11.3. The summed E-state index contributed by atoms with van der Waals surface area (Å²) in [6, 6.07) is 6.21. The molecule has 1 aromatic rings. The van der Waals surface area contributed by atoms with Crippen LogP contribution in [0, 0.1) is 3.92 Å². The molecular formula is C9H7I2N2O3Rh-. The Labute approximate surface area is 132 Å². The number of hydrogen-bond donors (Lipinski definition) is 3. The number of hydrogen-bond acceptors (Lipinski definition) is 5. The molecule has 1 radical (unpaired) electrons.